The fourth-order valence-corrected chi connectivity index (χ4v) is 1.42. The Morgan fingerprint density at radius 3 is 2.42 bits per heavy atom. The SMILES string of the molecule is C=CC1(OC=O)CCC(=O)CC1. The average Bonchev–Trinajstić information content (AvgIpc) is 2.10. The van der Waals surface area contributed by atoms with Crippen LogP contribution in [0, 0.1) is 0 Å². The van der Waals surface area contributed by atoms with Gasteiger partial charge in [0.1, 0.15) is 11.4 Å². The molecule has 0 spiro atoms. The standard InChI is InChI=1S/C9H12O3/c1-2-9(12-7-10)5-3-8(11)4-6-9/h2,7H,1,3-6H2. The van der Waals surface area contributed by atoms with E-state index in [-0.39, 0.29) is 5.78 Å². The van der Waals surface area contributed by atoms with Gasteiger partial charge in [-0.2, -0.15) is 0 Å². The molecule has 0 atom stereocenters. The minimum Gasteiger partial charge on any atom is -0.457 e. The molecule has 1 saturated carbocycles. The van der Waals surface area contributed by atoms with E-state index < -0.39 is 5.60 Å². The van der Waals surface area contributed by atoms with E-state index in [4.69, 9.17) is 4.74 Å². The summed E-state index contributed by atoms with van der Waals surface area (Å²) >= 11 is 0. The van der Waals surface area contributed by atoms with Crippen molar-refractivity contribution in [1.82, 2.24) is 0 Å². The first-order valence-corrected chi connectivity index (χ1v) is 3.99. The van der Waals surface area contributed by atoms with Crippen LogP contribution >= 0.6 is 0 Å². The number of ether oxygens (including phenoxy) is 1. The van der Waals surface area contributed by atoms with Crippen LogP contribution in [0.25, 0.3) is 0 Å². The summed E-state index contributed by atoms with van der Waals surface area (Å²) in [6.45, 7) is 4.03. The van der Waals surface area contributed by atoms with Crippen molar-refractivity contribution >= 4 is 12.3 Å². The molecule has 3 nitrogen and oxygen atoms in total. The van der Waals surface area contributed by atoms with Crippen LogP contribution in [0.5, 0.6) is 0 Å². The number of ketones is 1. The first-order valence-electron chi connectivity index (χ1n) is 3.99. The fraction of sp³-hybridized carbons (Fsp3) is 0.556. The second-order valence-electron chi connectivity index (χ2n) is 3.02. The smallest absolute Gasteiger partial charge is 0.293 e. The van der Waals surface area contributed by atoms with Gasteiger partial charge in [0.2, 0.25) is 0 Å². The quantitative estimate of drug-likeness (QED) is 0.470. The van der Waals surface area contributed by atoms with Crippen molar-refractivity contribution in [2.75, 3.05) is 0 Å². The van der Waals surface area contributed by atoms with Crippen LogP contribution in [0.15, 0.2) is 12.7 Å². The average molecular weight is 168 g/mol. The maximum atomic E-state index is 10.9. The van der Waals surface area contributed by atoms with Crippen LogP contribution in [0.4, 0.5) is 0 Å². The van der Waals surface area contributed by atoms with Crippen molar-refractivity contribution < 1.29 is 14.3 Å². The predicted molar refractivity (Wildman–Crippen MR) is 43.6 cm³/mol. The van der Waals surface area contributed by atoms with Crippen LogP contribution in [0.1, 0.15) is 25.7 Å². The third kappa shape index (κ3) is 1.72. The maximum Gasteiger partial charge on any atom is 0.293 e. The highest BCUT2D eigenvalue weighted by Gasteiger charge is 2.33. The van der Waals surface area contributed by atoms with Crippen molar-refractivity contribution in [1.29, 1.82) is 0 Å². The van der Waals surface area contributed by atoms with E-state index in [9.17, 15) is 9.59 Å². The molecule has 0 radical (unpaired) electrons. The summed E-state index contributed by atoms with van der Waals surface area (Å²) in [4.78, 5) is 21.1. The van der Waals surface area contributed by atoms with Gasteiger partial charge in [-0.1, -0.05) is 6.58 Å². The van der Waals surface area contributed by atoms with Gasteiger partial charge in [0.05, 0.1) is 0 Å². The third-order valence-electron chi connectivity index (χ3n) is 2.31. The Bertz CT molecular complexity index is 198. The summed E-state index contributed by atoms with van der Waals surface area (Å²) in [5.74, 6) is 0.238. The molecule has 0 aromatic heterocycles. The Morgan fingerprint density at radius 1 is 1.42 bits per heavy atom. The lowest BCUT2D eigenvalue weighted by Gasteiger charge is -2.31. The lowest BCUT2D eigenvalue weighted by Crippen LogP contribution is -2.34. The summed E-state index contributed by atoms with van der Waals surface area (Å²) in [6.07, 6.45) is 3.75. The molecule has 1 rings (SSSR count). The Morgan fingerprint density at radius 2 is 2.00 bits per heavy atom. The molecule has 1 aliphatic rings. The van der Waals surface area contributed by atoms with Gasteiger partial charge in [0.25, 0.3) is 6.47 Å². The molecular formula is C9H12O3. The van der Waals surface area contributed by atoms with Crippen molar-refractivity contribution in [3.05, 3.63) is 12.7 Å². The highest BCUT2D eigenvalue weighted by atomic mass is 16.5. The van der Waals surface area contributed by atoms with E-state index in [1.807, 2.05) is 0 Å². The van der Waals surface area contributed by atoms with Gasteiger partial charge in [-0.3, -0.25) is 9.59 Å². The van der Waals surface area contributed by atoms with Gasteiger partial charge in [0, 0.05) is 12.8 Å². The largest absolute Gasteiger partial charge is 0.457 e. The summed E-state index contributed by atoms with van der Waals surface area (Å²) < 4.78 is 4.92. The summed E-state index contributed by atoms with van der Waals surface area (Å²) in [6, 6.07) is 0. The number of carbonyl (C=O) groups excluding carboxylic acids is 2. The van der Waals surface area contributed by atoms with Gasteiger partial charge in [0.15, 0.2) is 0 Å². The first-order chi connectivity index (χ1) is 5.72. The second-order valence-corrected chi connectivity index (χ2v) is 3.02. The molecule has 0 aromatic carbocycles. The Hall–Kier alpha value is -1.12. The molecule has 0 unspecified atom stereocenters. The van der Waals surface area contributed by atoms with E-state index in [1.165, 1.54) is 0 Å². The highest BCUT2D eigenvalue weighted by molar-refractivity contribution is 5.79. The number of carbonyl (C=O) groups is 2. The van der Waals surface area contributed by atoms with Crippen LogP contribution < -0.4 is 0 Å². The zero-order chi connectivity index (χ0) is 9.03. The minimum absolute atomic E-state index is 0.238. The van der Waals surface area contributed by atoms with E-state index >= 15 is 0 Å². The molecule has 1 aliphatic carbocycles. The van der Waals surface area contributed by atoms with Gasteiger partial charge in [-0.05, 0) is 18.9 Å². The molecule has 0 heterocycles. The summed E-state index contributed by atoms with van der Waals surface area (Å²) in [7, 11) is 0. The monoisotopic (exact) mass is 168 g/mol. The van der Waals surface area contributed by atoms with Crippen molar-refractivity contribution in [3.63, 3.8) is 0 Å². The molecule has 66 valence electrons. The third-order valence-corrected chi connectivity index (χ3v) is 2.31. The topological polar surface area (TPSA) is 43.4 Å². The molecule has 0 saturated heterocycles. The summed E-state index contributed by atoms with van der Waals surface area (Å²) in [5, 5.41) is 0. The molecule has 3 heteroatoms. The molecule has 0 aromatic rings. The highest BCUT2D eigenvalue weighted by Crippen LogP contribution is 2.30. The number of rotatable bonds is 3. The van der Waals surface area contributed by atoms with E-state index in [1.54, 1.807) is 6.08 Å². The lowest BCUT2D eigenvalue weighted by molar-refractivity contribution is -0.144. The molecular weight excluding hydrogens is 156 g/mol. The van der Waals surface area contributed by atoms with Crippen LogP contribution in [0.2, 0.25) is 0 Å². The molecule has 0 amide bonds. The normalized spacial score (nSPS) is 21.5. The predicted octanol–water partition coefficient (Wildman–Crippen LogP) is 1.23. The lowest BCUT2D eigenvalue weighted by atomic mass is 9.84. The molecule has 0 aliphatic heterocycles. The van der Waals surface area contributed by atoms with Crippen molar-refractivity contribution in [2.45, 2.75) is 31.3 Å². The molecule has 0 bridgehead atoms. The zero-order valence-electron chi connectivity index (χ0n) is 6.91. The maximum absolute atomic E-state index is 10.9. The second kappa shape index (κ2) is 3.52. The van der Waals surface area contributed by atoms with Crippen molar-refractivity contribution in [3.8, 4) is 0 Å². The van der Waals surface area contributed by atoms with Gasteiger partial charge in [-0.15, -0.1) is 0 Å². The molecule has 1 fully saturated rings. The van der Waals surface area contributed by atoms with E-state index in [0.717, 1.165) is 0 Å². The first kappa shape index (κ1) is 8.97. The molecule has 0 N–H and O–H groups in total. The minimum atomic E-state index is -0.574. The fourth-order valence-electron chi connectivity index (χ4n) is 1.42. The number of hydrogen-bond acceptors (Lipinski definition) is 3. The number of hydrogen-bond donors (Lipinski definition) is 0. The number of Topliss-reactive ketones (excluding diaryl/α,β-unsaturated/α-hetero) is 1. The zero-order valence-corrected chi connectivity index (χ0v) is 6.91. The summed E-state index contributed by atoms with van der Waals surface area (Å²) in [5.41, 5.74) is -0.574. The molecule has 12 heavy (non-hydrogen) atoms. The van der Waals surface area contributed by atoms with Crippen LogP contribution in [0.3, 0.4) is 0 Å². The Balaban J connectivity index is 2.62. The Labute approximate surface area is 71.4 Å². The van der Waals surface area contributed by atoms with Crippen LogP contribution in [-0.4, -0.2) is 17.9 Å². The van der Waals surface area contributed by atoms with Gasteiger partial charge in [-0.25, -0.2) is 0 Å². The van der Waals surface area contributed by atoms with Crippen molar-refractivity contribution in [2.24, 2.45) is 0 Å². The van der Waals surface area contributed by atoms with E-state index in [2.05, 4.69) is 6.58 Å². The van der Waals surface area contributed by atoms with Gasteiger partial charge < -0.3 is 4.74 Å². The van der Waals surface area contributed by atoms with E-state index in [0.29, 0.717) is 32.2 Å². The van der Waals surface area contributed by atoms with Gasteiger partial charge >= 0.3 is 0 Å². The Kier molecular flexibility index (Phi) is 2.63. The van der Waals surface area contributed by atoms with Crippen LogP contribution in [-0.2, 0) is 14.3 Å².